The topological polar surface area (TPSA) is 52.6 Å². The Bertz CT molecular complexity index is 582. The lowest BCUT2D eigenvalue weighted by atomic mass is 9.77. The second-order valence-electron chi connectivity index (χ2n) is 7.75. The van der Waals surface area contributed by atoms with E-state index in [9.17, 15) is 9.59 Å². The van der Waals surface area contributed by atoms with Crippen LogP contribution in [0.1, 0.15) is 47.1 Å². The second-order valence-corrected chi connectivity index (χ2v) is 7.75. The molecule has 1 rings (SSSR count). The number of carbonyl (C=O) groups excluding carboxylic acids is 2. The van der Waals surface area contributed by atoms with E-state index in [1.165, 1.54) is 6.08 Å². The lowest BCUT2D eigenvalue weighted by Gasteiger charge is -2.33. The molecule has 0 amide bonds. The van der Waals surface area contributed by atoms with Crippen molar-refractivity contribution in [1.29, 1.82) is 0 Å². The van der Waals surface area contributed by atoms with Gasteiger partial charge in [0.1, 0.15) is 6.10 Å². The molecule has 0 bridgehead atoms. The van der Waals surface area contributed by atoms with Gasteiger partial charge in [-0.15, -0.1) is 0 Å². The largest absolute Gasteiger partial charge is 0.465 e. The third kappa shape index (κ3) is 7.55. The molecule has 4 nitrogen and oxygen atoms in total. The van der Waals surface area contributed by atoms with Gasteiger partial charge in [-0.25, -0.2) is 4.79 Å². The molecule has 0 saturated heterocycles. The molecule has 0 spiro atoms. The highest BCUT2D eigenvalue weighted by Gasteiger charge is 2.39. The minimum Gasteiger partial charge on any atom is -0.465 e. The highest BCUT2D eigenvalue weighted by atomic mass is 16.6. The second kappa shape index (κ2) is 9.40. The Balaban J connectivity index is 2.74. The van der Waals surface area contributed by atoms with Crippen LogP contribution in [-0.2, 0) is 19.1 Å². The van der Waals surface area contributed by atoms with Crippen LogP contribution in [0.3, 0.4) is 0 Å². The maximum atomic E-state index is 12.5. The van der Waals surface area contributed by atoms with Crippen LogP contribution >= 0.6 is 0 Å². The van der Waals surface area contributed by atoms with Gasteiger partial charge in [0, 0.05) is 6.08 Å². The smallest absolute Gasteiger partial charge is 0.331 e. The number of esters is 2. The lowest BCUT2D eigenvalue weighted by molar-refractivity contribution is -0.164. The molecule has 0 heterocycles. The van der Waals surface area contributed by atoms with Crippen molar-refractivity contribution >= 4 is 18.0 Å². The first-order valence-corrected chi connectivity index (χ1v) is 8.71. The molecular formula is C21H30O4. The highest BCUT2D eigenvalue weighted by molar-refractivity contribution is 5.87. The van der Waals surface area contributed by atoms with Crippen molar-refractivity contribution in [3.05, 3.63) is 42.0 Å². The van der Waals surface area contributed by atoms with E-state index in [0.717, 1.165) is 5.56 Å². The van der Waals surface area contributed by atoms with Crippen LogP contribution in [0.5, 0.6) is 0 Å². The Morgan fingerprint density at radius 2 is 1.68 bits per heavy atom. The van der Waals surface area contributed by atoms with Gasteiger partial charge in [-0.3, -0.25) is 4.79 Å². The van der Waals surface area contributed by atoms with Crippen LogP contribution in [0.15, 0.2) is 36.4 Å². The Labute approximate surface area is 151 Å². The number of hydrogen-bond acceptors (Lipinski definition) is 4. The Kier molecular flexibility index (Phi) is 7.88. The molecule has 25 heavy (non-hydrogen) atoms. The predicted molar refractivity (Wildman–Crippen MR) is 99.8 cm³/mol. The van der Waals surface area contributed by atoms with Crippen LogP contribution < -0.4 is 0 Å². The molecule has 0 aliphatic heterocycles. The van der Waals surface area contributed by atoms with Gasteiger partial charge < -0.3 is 9.47 Å². The summed E-state index contributed by atoms with van der Waals surface area (Å²) >= 11 is 0. The first kappa shape index (κ1) is 20.9. The van der Waals surface area contributed by atoms with Crippen molar-refractivity contribution in [1.82, 2.24) is 0 Å². The molecule has 0 aliphatic carbocycles. The number of carbonyl (C=O) groups is 2. The van der Waals surface area contributed by atoms with E-state index in [2.05, 4.69) is 0 Å². The monoisotopic (exact) mass is 346 g/mol. The summed E-state index contributed by atoms with van der Waals surface area (Å²) in [4.78, 5) is 24.6. The van der Waals surface area contributed by atoms with Crippen LogP contribution in [0.2, 0.25) is 0 Å². The summed E-state index contributed by atoms with van der Waals surface area (Å²) in [6.45, 7) is 11.9. The molecular weight excluding hydrogens is 316 g/mol. The summed E-state index contributed by atoms with van der Waals surface area (Å²) in [5.41, 5.74) is 0.535. The first-order chi connectivity index (χ1) is 11.6. The van der Waals surface area contributed by atoms with Gasteiger partial charge >= 0.3 is 11.9 Å². The number of ether oxygens (including phenoxy) is 2. The molecule has 0 radical (unpaired) electrons. The van der Waals surface area contributed by atoms with Gasteiger partial charge in [0.25, 0.3) is 0 Å². The number of rotatable bonds is 7. The zero-order valence-corrected chi connectivity index (χ0v) is 16.1. The van der Waals surface area contributed by atoms with Crippen molar-refractivity contribution in [2.75, 3.05) is 6.61 Å². The van der Waals surface area contributed by atoms with E-state index in [-0.39, 0.29) is 17.3 Å². The van der Waals surface area contributed by atoms with E-state index in [1.54, 1.807) is 13.0 Å². The average Bonchev–Trinajstić information content (AvgIpc) is 2.50. The van der Waals surface area contributed by atoms with Gasteiger partial charge in [0.15, 0.2) is 0 Å². The molecule has 0 aliphatic rings. The van der Waals surface area contributed by atoms with E-state index < -0.39 is 18.0 Å². The molecule has 2 unspecified atom stereocenters. The van der Waals surface area contributed by atoms with Crippen LogP contribution in [0.25, 0.3) is 6.08 Å². The Hall–Kier alpha value is -2.10. The molecule has 2 atom stereocenters. The fourth-order valence-electron chi connectivity index (χ4n) is 2.61. The maximum Gasteiger partial charge on any atom is 0.331 e. The number of benzene rings is 1. The fraction of sp³-hybridized carbons (Fsp3) is 0.524. The molecule has 4 heteroatoms. The zero-order chi connectivity index (χ0) is 19.0. The Morgan fingerprint density at radius 1 is 1.08 bits per heavy atom. The molecule has 1 aromatic carbocycles. The summed E-state index contributed by atoms with van der Waals surface area (Å²) in [6.07, 6.45) is 2.50. The van der Waals surface area contributed by atoms with E-state index in [4.69, 9.17) is 9.47 Å². The summed E-state index contributed by atoms with van der Waals surface area (Å²) < 4.78 is 10.8. The van der Waals surface area contributed by atoms with E-state index in [1.807, 2.05) is 65.0 Å². The quantitative estimate of drug-likeness (QED) is 0.539. The van der Waals surface area contributed by atoms with Crippen molar-refractivity contribution in [3.8, 4) is 0 Å². The van der Waals surface area contributed by atoms with Crippen molar-refractivity contribution in [2.24, 2.45) is 17.3 Å². The SMILES string of the molecule is CC(C)COC(=O)C(C(C)OC(=O)C=Cc1ccccc1)C(C)(C)C. The molecule has 0 N–H and O–H groups in total. The predicted octanol–water partition coefficient (Wildman–Crippen LogP) is 4.49. The minimum atomic E-state index is -0.576. The number of hydrogen-bond donors (Lipinski definition) is 0. The molecule has 0 aromatic heterocycles. The third-order valence-corrected chi connectivity index (χ3v) is 3.73. The average molecular weight is 346 g/mol. The van der Waals surface area contributed by atoms with Gasteiger partial charge in [-0.2, -0.15) is 0 Å². The summed E-state index contributed by atoms with van der Waals surface area (Å²) in [5.74, 6) is -1.06. The lowest BCUT2D eigenvalue weighted by Crippen LogP contribution is -2.40. The zero-order valence-electron chi connectivity index (χ0n) is 16.1. The summed E-state index contributed by atoms with van der Waals surface area (Å²) in [5, 5.41) is 0. The molecule has 0 fully saturated rings. The van der Waals surface area contributed by atoms with Gasteiger partial charge in [0.05, 0.1) is 12.5 Å². The minimum absolute atomic E-state index is 0.260. The van der Waals surface area contributed by atoms with Gasteiger partial charge in [0.2, 0.25) is 0 Å². The van der Waals surface area contributed by atoms with Gasteiger partial charge in [-0.1, -0.05) is 65.0 Å². The molecule has 1 aromatic rings. The third-order valence-electron chi connectivity index (χ3n) is 3.73. The summed E-state index contributed by atoms with van der Waals surface area (Å²) in [7, 11) is 0. The van der Waals surface area contributed by atoms with E-state index >= 15 is 0 Å². The highest BCUT2D eigenvalue weighted by Crippen LogP contribution is 2.31. The molecule has 0 saturated carbocycles. The van der Waals surface area contributed by atoms with Gasteiger partial charge in [-0.05, 0) is 29.9 Å². The van der Waals surface area contributed by atoms with Crippen LogP contribution in [0.4, 0.5) is 0 Å². The van der Waals surface area contributed by atoms with Crippen molar-refractivity contribution in [2.45, 2.75) is 47.6 Å². The molecule has 138 valence electrons. The van der Waals surface area contributed by atoms with Crippen molar-refractivity contribution in [3.63, 3.8) is 0 Å². The normalized spacial score (nSPS) is 14.4. The first-order valence-electron chi connectivity index (χ1n) is 8.71. The fourth-order valence-corrected chi connectivity index (χ4v) is 2.61. The standard InChI is InChI=1S/C21H30O4/c1-15(2)14-24-20(23)19(21(4,5)6)16(3)25-18(22)13-12-17-10-8-7-9-11-17/h7-13,15-16,19H,14H2,1-6H3. The van der Waals surface area contributed by atoms with Crippen LogP contribution in [-0.4, -0.2) is 24.6 Å². The van der Waals surface area contributed by atoms with Crippen molar-refractivity contribution < 1.29 is 19.1 Å². The van der Waals surface area contributed by atoms with Crippen LogP contribution in [0, 0.1) is 17.3 Å². The van der Waals surface area contributed by atoms with E-state index in [0.29, 0.717) is 6.61 Å². The maximum absolute atomic E-state index is 12.5. The Morgan fingerprint density at radius 3 is 2.20 bits per heavy atom. The summed E-state index contributed by atoms with van der Waals surface area (Å²) in [6, 6.07) is 9.50.